The number of fused-ring (bicyclic) bond motifs is 1. The van der Waals surface area contributed by atoms with Crippen molar-refractivity contribution in [2.45, 2.75) is 38.3 Å². The minimum Gasteiger partial charge on any atom is -0.449 e. The Morgan fingerprint density at radius 3 is 2.52 bits per heavy atom. The predicted molar refractivity (Wildman–Crippen MR) is 115 cm³/mol. The molecular formula is C24H23N3O4. The maximum Gasteiger partial charge on any atom is 0.339 e. The summed E-state index contributed by atoms with van der Waals surface area (Å²) < 4.78 is 5.37. The molecule has 1 aliphatic rings. The summed E-state index contributed by atoms with van der Waals surface area (Å²) in [5.74, 6) is -0.947. The Labute approximate surface area is 179 Å². The van der Waals surface area contributed by atoms with E-state index < -0.39 is 24.0 Å². The molecule has 2 aromatic carbocycles. The van der Waals surface area contributed by atoms with Gasteiger partial charge in [-0.2, -0.15) is 0 Å². The van der Waals surface area contributed by atoms with E-state index in [9.17, 15) is 14.4 Å². The van der Waals surface area contributed by atoms with E-state index in [1.165, 1.54) is 6.92 Å². The van der Waals surface area contributed by atoms with Crippen LogP contribution in [-0.2, 0) is 16.1 Å². The lowest BCUT2D eigenvalue weighted by atomic mass is 10.1. The molecule has 158 valence electrons. The lowest BCUT2D eigenvalue weighted by molar-refractivity contribution is -0.127. The van der Waals surface area contributed by atoms with Crippen LogP contribution in [0.3, 0.4) is 0 Å². The van der Waals surface area contributed by atoms with E-state index in [0.29, 0.717) is 16.9 Å². The number of esters is 1. The summed E-state index contributed by atoms with van der Waals surface area (Å²) in [5.41, 5.74) is 2.86. The van der Waals surface area contributed by atoms with Gasteiger partial charge in [0, 0.05) is 23.5 Å². The number of rotatable bonds is 6. The Balaban J connectivity index is 1.39. The second kappa shape index (κ2) is 8.95. The first-order valence-electron chi connectivity index (χ1n) is 10.2. The second-order valence-corrected chi connectivity index (χ2v) is 7.59. The normalized spacial score (nSPS) is 14.0. The summed E-state index contributed by atoms with van der Waals surface area (Å²) in [4.78, 5) is 41.8. The summed E-state index contributed by atoms with van der Waals surface area (Å²) in [6.45, 7) is 1.71. The zero-order valence-electron chi connectivity index (χ0n) is 17.1. The molecule has 1 aromatic heterocycles. The molecule has 1 unspecified atom stereocenters. The van der Waals surface area contributed by atoms with Crippen molar-refractivity contribution in [1.29, 1.82) is 0 Å². The lowest BCUT2D eigenvalue weighted by Crippen LogP contribution is -2.44. The van der Waals surface area contributed by atoms with Crippen LogP contribution in [-0.4, -0.2) is 29.0 Å². The molecule has 3 aromatic rings. The van der Waals surface area contributed by atoms with Crippen LogP contribution in [0.4, 0.5) is 4.79 Å². The third-order valence-electron chi connectivity index (χ3n) is 5.14. The highest BCUT2D eigenvalue weighted by molar-refractivity contribution is 6.05. The lowest BCUT2D eigenvalue weighted by Gasteiger charge is -2.15. The quantitative estimate of drug-likeness (QED) is 0.596. The van der Waals surface area contributed by atoms with Crippen molar-refractivity contribution in [1.82, 2.24) is 15.6 Å². The van der Waals surface area contributed by atoms with Crippen LogP contribution in [0.15, 0.2) is 60.7 Å². The van der Waals surface area contributed by atoms with E-state index in [1.54, 1.807) is 12.1 Å². The number of benzene rings is 2. The van der Waals surface area contributed by atoms with E-state index in [2.05, 4.69) is 15.6 Å². The summed E-state index contributed by atoms with van der Waals surface area (Å²) in [5, 5.41) is 5.48. The maximum absolute atomic E-state index is 12.8. The van der Waals surface area contributed by atoms with Crippen LogP contribution in [0.25, 0.3) is 10.9 Å². The number of nitrogens with zero attached hydrogens (tertiary/aromatic N) is 1. The van der Waals surface area contributed by atoms with Crippen molar-refractivity contribution in [3.05, 3.63) is 77.5 Å². The van der Waals surface area contributed by atoms with E-state index in [4.69, 9.17) is 4.74 Å². The molecule has 0 saturated heterocycles. The minimum atomic E-state index is -1.13. The van der Waals surface area contributed by atoms with Crippen molar-refractivity contribution >= 4 is 28.8 Å². The maximum atomic E-state index is 12.8. The summed E-state index contributed by atoms with van der Waals surface area (Å²) in [6, 6.07) is 17.8. The molecule has 0 spiro atoms. The van der Waals surface area contributed by atoms with Gasteiger partial charge < -0.3 is 10.1 Å². The molecule has 31 heavy (non-hydrogen) atoms. The first-order valence-corrected chi connectivity index (χ1v) is 10.2. The number of imide groups is 1. The van der Waals surface area contributed by atoms with Gasteiger partial charge in [0.1, 0.15) is 0 Å². The number of pyridine rings is 1. The highest BCUT2D eigenvalue weighted by Crippen LogP contribution is 2.40. The fraction of sp³-hybridized carbons (Fsp3) is 0.250. The standard InChI is InChI=1S/C24H23N3O4/c1-15(22(28)27-24(30)25-14-16-7-3-2-4-8-16)31-23(29)19-13-21(17-11-12-17)26-20-10-6-5-9-18(19)20/h2-10,13,15,17H,11-12,14H2,1H3,(H2,25,27,28,30). The summed E-state index contributed by atoms with van der Waals surface area (Å²) in [6.07, 6.45) is 0.972. The molecule has 1 aliphatic carbocycles. The van der Waals surface area contributed by atoms with Crippen molar-refractivity contribution < 1.29 is 19.1 Å². The fourth-order valence-corrected chi connectivity index (χ4v) is 3.27. The Bertz CT molecular complexity index is 1130. The highest BCUT2D eigenvalue weighted by atomic mass is 16.5. The van der Waals surface area contributed by atoms with Crippen LogP contribution in [0.1, 0.15) is 47.3 Å². The minimum absolute atomic E-state index is 0.279. The first kappa shape index (κ1) is 20.5. The van der Waals surface area contributed by atoms with Crippen molar-refractivity contribution in [3.8, 4) is 0 Å². The number of aromatic nitrogens is 1. The fourth-order valence-electron chi connectivity index (χ4n) is 3.27. The van der Waals surface area contributed by atoms with E-state index in [0.717, 1.165) is 29.6 Å². The van der Waals surface area contributed by atoms with E-state index in [1.807, 2.05) is 48.5 Å². The largest absolute Gasteiger partial charge is 0.449 e. The molecule has 1 fully saturated rings. The smallest absolute Gasteiger partial charge is 0.339 e. The van der Waals surface area contributed by atoms with Gasteiger partial charge in [-0.05, 0) is 37.5 Å². The van der Waals surface area contributed by atoms with Gasteiger partial charge in [0.15, 0.2) is 6.10 Å². The number of urea groups is 1. The molecule has 2 N–H and O–H groups in total. The van der Waals surface area contributed by atoms with Crippen molar-refractivity contribution in [2.24, 2.45) is 0 Å². The predicted octanol–water partition coefficient (Wildman–Crippen LogP) is 3.68. The molecule has 7 nitrogen and oxygen atoms in total. The van der Waals surface area contributed by atoms with Gasteiger partial charge in [-0.25, -0.2) is 9.59 Å². The molecule has 1 saturated carbocycles. The van der Waals surface area contributed by atoms with E-state index >= 15 is 0 Å². The van der Waals surface area contributed by atoms with Gasteiger partial charge >= 0.3 is 12.0 Å². The Morgan fingerprint density at radius 2 is 1.77 bits per heavy atom. The van der Waals surface area contributed by atoms with Crippen molar-refractivity contribution in [2.75, 3.05) is 0 Å². The molecule has 0 radical (unpaired) electrons. The van der Waals surface area contributed by atoms with E-state index in [-0.39, 0.29) is 6.54 Å². The Morgan fingerprint density at radius 1 is 1.06 bits per heavy atom. The molecular weight excluding hydrogens is 394 g/mol. The molecule has 0 bridgehead atoms. The number of hydrogen-bond acceptors (Lipinski definition) is 5. The van der Waals surface area contributed by atoms with Gasteiger partial charge in [-0.15, -0.1) is 0 Å². The average Bonchev–Trinajstić information content (AvgIpc) is 3.63. The molecule has 0 aliphatic heterocycles. The zero-order valence-corrected chi connectivity index (χ0v) is 17.1. The third kappa shape index (κ3) is 5.06. The average molecular weight is 417 g/mol. The second-order valence-electron chi connectivity index (χ2n) is 7.59. The van der Waals surface area contributed by atoms with Gasteiger partial charge in [-0.1, -0.05) is 48.5 Å². The SMILES string of the molecule is CC(OC(=O)c1cc(C2CC2)nc2ccccc12)C(=O)NC(=O)NCc1ccccc1. The number of carbonyl (C=O) groups is 3. The van der Waals surface area contributed by atoms with Crippen LogP contribution >= 0.6 is 0 Å². The Kier molecular flexibility index (Phi) is 5.93. The van der Waals surface area contributed by atoms with Gasteiger partial charge in [0.2, 0.25) is 0 Å². The molecule has 1 atom stereocenters. The number of carbonyl (C=O) groups excluding carboxylic acids is 3. The van der Waals surface area contributed by atoms with Crippen LogP contribution < -0.4 is 10.6 Å². The zero-order chi connectivity index (χ0) is 21.8. The molecule has 3 amide bonds. The molecule has 7 heteroatoms. The van der Waals surface area contributed by atoms with Crippen LogP contribution in [0, 0.1) is 0 Å². The topological polar surface area (TPSA) is 97.4 Å². The highest BCUT2D eigenvalue weighted by Gasteiger charge is 2.28. The summed E-state index contributed by atoms with van der Waals surface area (Å²) >= 11 is 0. The van der Waals surface area contributed by atoms with Crippen LogP contribution in [0.5, 0.6) is 0 Å². The van der Waals surface area contributed by atoms with Crippen LogP contribution in [0.2, 0.25) is 0 Å². The first-order chi connectivity index (χ1) is 15.0. The van der Waals surface area contributed by atoms with Crippen molar-refractivity contribution in [3.63, 3.8) is 0 Å². The number of nitrogens with one attached hydrogen (secondary N) is 2. The third-order valence-corrected chi connectivity index (χ3v) is 5.14. The molecule has 4 rings (SSSR count). The molecule has 1 heterocycles. The number of amides is 3. The van der Waals surface area contributed by atoms with Gasteiger partial charge in [0.25, 0.3) is 5.91 Å². The number of hydrogen-bond donors (Lipinski definition) is 2. The Hall–Kier alpha value is -3.74. The number of para-hydroxylation sites is 1. The van der Waals surface area contributed by atoms with Gasteiger partial charge in [0.05, 0.1) is 11.1 Å². The monoisotopic (exact) mass is 417 g/mol. The number of ether oxygens (including phenoxy) is 1. The summed E-state index contributed by atoms with van der Waals surface area (Å²) in [7, 11) is 0. The van der Waals surface area contributed by atoms with Gasteiger partial charge in [-0.3, -0.25) is 15.1 Å².